The first-order valence-corrected chi connectivity index (χ1v) is 6.83. The highest BCUT2D eigenvalue weighted by molar-refractivity contribution is 7.80. The van der Waals surface area contributed by atoms with Crippen LogP contribution in [0.25, 0.3) is 10.9 Å². The lowest BCUT2D eigenvalue weighted by atomic mass is 10.1. The maximum absolute atomic E-state index is 5.99. The summed E-state index contributed by atoms with van der Waals surface area (Å²) < 4.78 is 0. The Labute approximate surface area is 123 Å². The average molecular weight is 294 g/mol. The van der Waals surface area contributed by atoms with Gasteiger partial charge in [-0.15, -0.1) is 0 Å². The summed E-state index contributed by atoms with van der Waals surface area (Å²) in [5.74, 6) is 0. The molecule has 0 amide bonds. The van der Waals surface area contributed by atoms with Crippen molar-refractivity contribution >= 4 is 45.4 Å². The van der Waals surface area contributed by atoms with Gasteiger partial charge in [0.05, 0.1) is 10.5 Å². The minimum Gasteiger partial charge on any atom is -0.393 e. The minimum atomic E-state index is 0.235. The van der Waals surface area contributed by atoms with E-state index in [2.05, 4.69) is 16.8 Å². The van der Waals surface area contributed by atoms with Crippen molar-refractivity contribution in [2.75, 3.05) is 11.9 Å². The number of hydrogen-bond acceptors (Lipinski definition) is 3. The Morgan fingerprint density at radius 2 is 2.21 bits per heavy atom. The summed E-state index contributed by atoms with van der Waals surface area (Å²) in [6.07, 6.45) is 2.47. The number of anilines is 1. The Bertz CT molecular complexity index is 615. The largest absolute Gasteiger partial charge is 0.393 e. The highest BCUT2D eigenvalue weighted by Gasteiger charge is 2.14. The normalized spacial score (nSPS) is 12.4. The second-order valence-corrected chi connectivity index (χ2v) is 5.58. The second kappa shape index (κ2) is 5.72. The highest BCUT2D eigenvalue weighted by atomic mass is 35.5. The Morgan fingerprint density at radius 1 is 1.47 bits per heavy atom. The molecule has 2 aromatic rings. The van der Waals surface area contributed by atoms with E-state index in [1.807, 2.05) is 31.3 Å². The molecule has 0 saturated heterocycles. The molecule has 1 heterocycles. The van der Waals surface area contributed by atoms with Crippen LogP contribution < -0.4 is 10.6 Å². The van der Waals surface area contributed by atoms with Crippen LogP contribution in [0.2, 0.25) is 5.02 Å². The number of aromatic nitrogens is 1. The monoisotopic (exact) mass is 293 g/mol. The first-order chi connectivity index (χ1) is 8.99. The van der Waals surface area contributed by atoms with Gasteiger partial charge < -0.3 is 10.6 Å². The molecule has 2 rings (SSSR count). The highest BCUT2D eigenvalue weighted by Crippen LogP contribution is 2.28. The number of hydrogen-bond donors (Lipinski definition) is 1. The number of halogens is 1. The van der Waals surface area contributed by atoms with Crippen molar-refractivity contribution in [1.29, 1.82) is 0 Å². The lowest BCUT2D eigenvalue weighted by Crippen LogP contribution is -2.32. The smallest absolute Gasteiger partial charge is 0.0747 e. The molecule has 0 bridgehead atoms. The van der Waals surface area contributed by atoms with Crippen LogP contribution in [-0.4, -0.2) is 23.1 Å². The summed E-state index contributed by atoms with van der Waals surface area (Å²) >= 11 is 11.0. The molecule has 3 nitrogen and oxygen atoms in total. The standard InChI is InChI=1S/C14H16ClN3S/c1-9(7-14(16)19)18(2)13-5-6-17-12-8-10(15)3-4-11(12)13/h3-6,8-9H,7H2,1-2H3,(H2,16,19). The van der Waals surface area contributed by atoms with Crippen molar-refractivity contribution in [2.24, 2.45) is 5.73 Å². The quantitative estimate of drug-likeness (QED) is 0.878. The van der Waals surface area contributed by atoms with E-state index in [1.165, 1.54) is 0 Å². The Balaban J connectivity index is 2.41. The van der Waals surface area contributed by atoms with Gasteiger partial charge in [0.2, 0.25) is 0 Å². The van der Waals surface area contributed by atoms with Crippen LogP contribution in [0.5, 0.6) is 0 Å². The zero-order valence-corrected chi connectivity index (χ0v) is 12.5. The molecule has 0 aliphatic rings. The summed E-state index contributed by atoms with van der Waals surface area (Å²) in [6, 6.07) is 7.96. The second-order valence-electron chi connectivity index (χ2n) is 4.62. The van der Waals surface area contributed by atoms with E-state index in [1.54, 1.807) is 6.20 Å². The maximum atomic E-state index is 5.99. The number of thiocarbonyl (C=S) groups is 1. The first kappa shape index (κ1) is 14.0. The van der Waals surface area contributed by atoms with E-state index in [0.717, 1.165) is 16.6 Å². The van der Waals surface area contributed by atoms with Gasteiger partial charge in [-0.2, -0.15) is 0 Å². The summed E-state index contributed by atoms with van der Waals surface area (Å²) in [5.41, 5.74) is 7.61. The number of rotatable bonds is 4. The SMILES string of the molecule is CC(CC(N)=S)N(C)c1ccnc2cc(Cl)ccc12. The third kappa shape index (κ3) is 3.14. The van der Waals surface area contributed by atoms with E-state index in [0.29, 0.717) is 16.4 Å². The summed E-state index contributed by atoms with van der Waals surface area (Å²) in [5, 5.41) is 1.76. The zero-order valence-electron chi connectivity index (χ0n) is 10.9. The predicted molar refractivity (Wildman–Crippen MR) is 86.0 cm³/mol. The third-order valence-corrected chi connectivity index (χ3v) is 3.62. The topological polar surface area (TPSA) is 42.1 Å². The molecule has 1 atom stereocenters. The van der Waals surface area contributed by atoms with Gasteiger partial charge in [0.15, 0.2) is 0 Å². The molecule has 0 fully saturated rings. The Morgan fingerprint density at radius 3 is 2.89 bits per heavy atom. The van der Waals surface area contributed by atoms with E-state index >= 15 is 0 Å². The maximum Gasteiger partial charge on any atom is 0.0747 e. The lowest BCUT2D eigenvalue weighted by Gasteiger charge is -2.27. The number of benzene rings is 1. The fraction of sp³-hybridized carbons (Fsp3) is 0.286. The molecule has 1 aromatic carbocycles. The molecule has 2 N–H and O–H groups in total. The van der Waals surface area contributed by atoms with Gasteiger partial charge in [0, 0.05) is 41.8 Å². The lowest BCUT2D eigenvalue weighted by molar-refractivity contribution is 0.716. The van der Waals surface area contributed by atoms with Crippen molar-refractivity contribution in [3.8, 4) is 0 Å². The van der Waals surface area contributed by atoms with E-state index in [4.69, 9.17) is 29.6 Å². The van der Waals surface area contributed by atoms with Gasteiger partial charge in [0.25, 0.3) is 0 Å². The zero-order chi connectivity index (χ0) is 14.0. The van der Waals surface area contributed by atoms with Gasteiger partial charge >= 0.3 is 0 Å². The van der Waals surface area contributed by atoms with Gasteiger partial charge in [-0.1, -0.05) is 23.8 Å². The fourth-order valence-corrected chi connectivity index (χ4v) is 2.49. The number of nitrogens with zero attached hydrogens (tertiary/aromatic N) is 2. The first-order valence-electron chi connectivity index (χ1n) is 6.04. The van der Waals surface area contributed by atoms with Crippen molar-refractivity contribution in [3.05, 3.63) is 35.5 Å². The molecular weight excluding hydrogens is 278 g/mol. The van der Waals surface area contributed by atoms with Gasteiger partial charge in [0.1, 0.15) is 0 Å². The van der Waals surface area contributed by atoms with Crippen LogP contribution in [0.15, 0.2) is 30.5 Å². The van der Waals surface area contributed by atoms with Crippen LogP contribution >= 0.6 is 23.8 Å². The van der Waals surface area contributed by atoms with Crippen molar-refractivity contribution in [3.63, 3.8) is 0 Å². The molecule has 19 heavy (non-hydrogen) atoms. The van der Waals surface area contributed by atoms with Crippen LogP contribution in [0, 0.1) is 0 Å². The molecule has 0 spiro atoms. The van der Waals surface area contributed by atoms with Crippen molar-refractivity contribution in [2.45, 2.75) is 19.4 Å². The van der Waals surface area contributed by atoms with E-state index < -0.39 is 0 Å². The average Bonchev–Trinajstić information content (AvgIpc) is 2.36. The molecule has 100 valence electrons. The minimum absolute atomic E-state index is 0.235. The third-order valence-electron chi connectivity index (χ3n) is 3.22. The van der Waals surface area contributed by atoms with Gasteiger partial charge in [-0.25, -0.2) is 0 Å². The van der Waals surface area contributed by atoms with E-state index in [9.17, 15) is 0 Å². The summed E-state index contributed by atoms with van der Waals surface area (Å²) in [7, 11) is 2.03. The molecule has 5 heteroatoms. The fourth-order valence-electron chi connectivity index (χ4n) is 2.08. The Hall–Kier alpha value is -1.39. The molecule has 0 aliphatic carbocycles. The molecular formula is C14H16ClN3S. The van der Waals surface area contributed by atoms with E-state index in [-0.39, 0.29) is 6.04 Å². The van der Waals surface area contributed by atoms with Gasteiger partial charge in [-0.3, -0.25) is 4.98 Å². The van der Waals surface area contributed by atoms with Crippen LogP contribution in [0.3, 0.4) is 0 Å². The molecule has 0 radical (unpaired) electrons. The van der Waals surface area contributed by atoms with Crippen molar-refractivity contribution < 1.29 is 0 Å². The number of nitrogens with two attached hydrogens (primary N) is 1. The van der Waals surface area contributed by atoms with Crippen LogP contribution in [-0.2, 0) is 0 Å². The predicted octanol–water partition coefficient (Wildman–Crippen LogP) is 3.39. The summed E-state index contributed by atoms with van der Waals surface area (Å²) in [4.78, 5) is 7.04. The Kier molecular flexibility index (Phi) is 4.22. The van der Waals surface area contributed by atoms with Crippen LogP contribution in [0.4, 0.5) is 5.69 Å². The molecule has 1 aromatic heterocycles. The van der Waals surface area contributed by atoms with Crippen LogP contribution in [0.1, 0.15) is 13.3 Å². The number of fused-ring (bicyclic) bond motifs is 1. The molecule has 1 unspecified atom stereocenters. The molecule has 0 saturated carbocycles. The summed E-state index contributed by atoms with van der Waals surface area (Å²) in [6.45, 7) is 2.10. The van der Waals surface area contributed by atoms with Crippen molar-refractivity contribution in [1.82, 2.24) is 4.98 Å². The number of pyridine rings is 1. The molecule has 0 aliphatic heterocycles. The van der Waals surface area contributed by atoms with Gasteiger partial charge in [-0.05, 0) is 31.2 Å².